The Morgan fingerprint density at radius 1 is 0.810 bits per heavy atom. The third kappa shape index (κ3) is 8.12. The van der Waals surface area contributed by atoms with Gasteiger partial charge < -0.3 is 18.9 Å². The fourth-order valence-electron chi connectivity index (χ4n) is 0.984. The van der Waals surface area contributed by atoms with E-state index in [2.05, 4.69) is 4.74 Å². The molecule has 0 aromatic carbocycles. The van der Waals surface area contributed by atoms with Crippen LogP contribution in [0.15, 0.2) is 0 Å². The van der Waals surface area contributed by atoms with Crippen LogP contribution >= 0.6 is 0 Å². The van der Waals surface area contributed by atoms with Gasteiger partial charge in [-0.1, -0.05) is 0 Å². The highest BCUT2D eigenvalue weighted by atomic mass is 19.4. The van der Waals surface area contributed by atoms with E-state index in [4.69, 9.17) is 14.2 Å². The number of halogens is 5. The molecular formula is C11H17F5O5. The topological polar surface area (TPSA) is 54.0 Å². The van der Waals surface area contributed by atoms with Crippen LogP contribution in [-0.4, -0.2) is 64.3 Å². The Labute approximate surface area is 118 Å². The van der Waals surface area contributed by atoms with Gasteiger partial charge in [-0.2, -0.15) is 22.0 Å². The van der Waals surface area contributed by atoms with Crippen LogP contribution in [0.25, 0.3) is 0 Å². The number of alkyl halides is 5. The Kier molecular flexibility index (Phi) is 9.38. The van der Waals surface area contributed by atoms with Gasteiger partial charge in [-0.3, -0.25) is 0 Å². The summed E-state index contributed by atoms with van der Waals surface area (Å²) < 4.78 is 78.8. The molecule has 21 heavy (non-hydrogen) atoms. The molecule has 0 atom stereocenters. The number of esters is 1. The molecule has 126 valence electrons. The summed E-state index contributed by atoms with van der Waals surface area (Å²) >= 11 is 0. The highest BCUT2D eigenvalue weighted by Crippen LogP contribution is 2.36. The second kappa shape index (κ2) is 9.85. The molecular weight excluding hydrogens is 307 g/mol. The zero-order valence-corrected chi connectivity index (χ0v) is 11.4. The van der Waals surface area contributed by atoms with Gasteiger partial charge in [0.25, 0.3) is 0 Å². The van der Waals surface area contributed by atoms with Crippen molar-refractivity contribution in [3.63, 3.8) is 0 Å². The molecule has 0 bridgehead atoms. The minimum atomic E-state index is -5.97. The van der Waals surface area contributed by atoms with Crippen molar-refractivity contribution in [3.05, 3.63) is 0 Å². The predicted molar refractivity (Wildman–Crippen MR) is 60.1 cm³/mol. The maximum absolute atomic E-state index is 12.4. The van der Waals surface area contributed by atoms with Crippen LogP contribution in [0.1, 0.15) is 6.92 Å². The summed E-state index contributed by atoms with van der Waals surface area (Å²) in [6, 6.07) is 0. The maximum Gasteiger partial charge on any atom is 0.465 e. The summed E-state index contributed by atoms with van der Waals surface area (Å²) in [7, 11) is 0. The van der Waals surface area contributed by atoms with Gasteiger partial charge in [0.05, 0.1) is 33.0 Å². The van der Waals surface area contributed by atoms with Crippen molar-refractivity contribution >= 4 is 5.97 Å². The lowest BCUT2D eigenvalue weighted by molar-refractivity contribution is -0.280. The normalized spacial score (nSPS) is 12.5. The number of carbonyl (C=O) groups is 1. The molecule has 0 aliphatic heterocycles. The summed E-state index contributed by atoms with van der Waals surface area (Å²) in [6.45, 7) is 2.42. The van der Waals surface area contributed by atoms with Crippen molar-refractivity contribution in [2.24, 2.45) is 0 Å². The van der Waals surface area contributed by atoms with E-state index >= 15 is 0 Å². The van der Waals surface area contributed by atoms with E-state index in [-0.39, 0.29) is 19.8 Å². The minimum absolute atomic E-state index is 0.0827. The molecule has 0 aliphatic carbocycles. The molecule has 5 nitrogen and oxygen atoms in total. The Balaban J connectivity index is 3.57. The highest BCUT2D eigenvalue weighted by molar-refractivity contribution is 5.78. The maximum atomic E-state index is 12.4. The number of carbonyl (C=O) groups excluding carboxylic acids is 1. The largest absolute Gasteiger partial charge is 0.465 e. The van der Waals surface area contributed by atoms with E-state index in [0.717, 1.165) is 0 Å². The van der Waals surface area contributed by atoms with Crippen LogP contribution in [0, 0.1) is 0 Å². The second-order valence-corrected chi connectivity index (χ2v) is 3.63. The average molecular weight is 324 g/mol. The molecule has 0 saturated heterocycles. The number of ether oxygens (including phenoxy) is 4. The molecule has 0 rings (SSSR count). The quantitative estimate of drug-likeness (QED) is 0.329. The molecule has 0 unspecified atom stereocenters. The van der Waals surface area contributed by atoms with Gasteiger partial charge in [-0.05, 0) is 6.92 Å². The zero-order valence-electron chi connectivity index (χ0n) is 11.4. The summed E-state index contributed by atoms with van der Waals surface area (Å²) in [5.74, 6) is -8.17. The van der Waals surface area contributed by atoms with E-state index < -0.39 is 24.7 Å². The number of rotatable bonds is 11. The van der Waals surface area contributed by atoms with Gasteiger partial charge in [0.1, 0.15) is 6.61 Å². The van der Waals surface area contributed by atoms with E-state index in [9.17, 15) is 26.7 Å². The smallest absolute Gasteiger partial charge is 0.459 e. The van der Waals surface area contributed by atoms with Crippen LogP contribution in [0.5, 0.6) is 0 Å². The monoisotopic (exact) mass is 324 g/mol. The summed E-state index contributed by atoms with van der Waals surface area (Å²) in [5.41, 5.74) is 0. The van der Waals surface area contributed by atoms with Gasteiger partial charge in [0.2, 0.25) is 0 Å². The Hall–Kier alpha value is -1.00. The van der Waals surface area contributed by atoms with Crippen LogP contribution in [-0.2, 0) is 23.7 Å². The molecule has 0 amide bonds. The molecule has 0 saturated carbocycles. The van der Waals surface area contributed by atoms with Crippen molar-refractivity contribution in [3.8, 4) is 0 Å². The third-order valence-electron chi connectivity index (χ3n) is 2.02. The Bertz CT molecular complexity index is 295. The van der Waals surface area contributed by atoms with Gasteiger partial charge in [0, 0.05) is 6.61 Å². The first-order chi connectivity index (χ1) is 9.73. The van der Waals surface area contributed by atoms with Crippen molar-refractivity contribution in [2.75, 3.05) is 46.2 Å². The summed E-state index contributed by atoms with van der Waals surface area (Å²) in [6.07, 6.45) is -5.97. The zero-order chi connectivity index (χ0) is 16.4. The van der Waals surface area contributed by atoms with Gasteiger partial charge in [-0.25, -0.2) is 4.79 Å². The first-order valence-corrected chi connectivity index (χ1v) is 6.08. The minimum Gasteiger partial charge on any atom is -0.459 e. The van der Waals surface area contributed by atoms with Crippen molar-refractivity contribution in [2.45, 2.75) is 19.0 Å². The van der Waals surface area contributed by atoms with Crippen molar-refractivity contribution in [1.29, 1.82) is 0 Å². The fraction of sp³-hybridized carbons (Fsp3) is 0.909. The first-order valence-electron chi connectivity index (χ1n) is 6.08. The molecule has 10 heteroatoms. The third-order valence-corrected chi connectivity index (χ3v) is 2.02. The predicted octanol–water partition coefficient (Wildman–Crippen LogP) is 1.80. The molecule has 0 radical (unpaired) electrons. The standard InChI is InChI=1S/C11H17F5O5/c1-2-18-3-4-19-5-6-20-7-8-21-9(17)10(12,13)11(14,15)16/h2-8H2,1H3. The fourth-order valence-corrected chi connectivity index (χ4v) is 0.984. The molecule has 0 N–H and O–H groups in total. The lowest BCUT2D eigenvalue weighted by Crippen LogP contribution is -2.45. The molecule has 0 aromatic rings. The summed E-state index contributed by atoms with van der Waals surface area (Å²) in [5, 5.41) is 0. The van der Waals surface area contributed by atoms with Gasteiger partial charge in [-0.15, -0.1) is 0 Å². The van der Waals surface area contributed by atoms with E-state index in [0.29, 0.717) is 19.8 Å². The van der Waals surface area contributed by atoms with Crippen LogP contribution < -0.4 is 0 Å². The molecule has 0 spiro atoms. The van der Waals surface area contributed by atoms with E-state index in [1.165, 1.54) is 0 Å². The van der Waals surface area contributed by atoms with Gasteiger partial charge in [0.15, 0.2) is 0 Å². The number of hydrogen-bond acceptors (Lipinski definition) is 5. The molecule has 0 heterocycles. The van der Waals surface area contributed by atoms with Gasteiger partial charge >= 0.3 is 18.1 Å². The average Bonchev–Trinajstić information content (AvgIpc) is 2.39. The van der Waals surface area contributed by atoms with Crippen LogP contribution in [0.3, 0.4) is 0 Å². The lowest BCUT2D eigenvalue weighted by atomic mass is 10.3. The van der Waals surface area contributed by atoms with Crippen molar-refractivity contribution in [1.82, 2.24) is 0 Å². The SMILES string of the molecule is CCOCCOCCOCCOC(=O)C(F)(F)C(F)(F)F. The summed E-state index contributed by atoms with van der Waals surface area (Å²) in [4.78, 5) is 10.6. The second-order valence-electron chi connectivity index (χ2n) is 3.63. The molecule has 0 aliphatic rings. The van der Waals surface area contributed by atoms with Crippen molar-refractivity contribution < 1.29 is 45.7 Å². The van der Waals surface area contributed by atoms with E-state index in [1.807, 2.05) is 6.92 Å². The first kappa shape index (κ1) is 20.0. The Morgan fingerprint density at radius 3 is 1.67 bits per heavy atom. The van der Waals surface area contributed by atoms with E-state index in [1.54, 1.807) is 0 Å². The number of hydrogen-bond donors (Lipinski definition) is 0. The van der Waals surface area contributed by atoms with Crippen LogP contribution in [0.2, 0.25) is 0 Å². The molecule has 0 aromatic heterocycles. The lowest BCUT2D eigenvalue weighted by Gasteiger charge is -2.17. The Morgan fingerprint density at radius 2 is 1.24 bits per heavy atom. The van der Waals surface area contributed by atoms with Crippen LogP contribution in [0.4, 0.5) is 22.0 Å². The molecule has 0 fully saturated rings. The highest BCUT2D eigenvalue weighted by Gasteiger charge is 2.64.